The Kier molecular flexibility index (Phi) is 29.8. The fraction of sp³-hybridized carbons (Fsp3) is 0. The van der Waals surface area contributed by atoms with Gasteiger partial charge in [0.2, 0.25) is 0 Å². The molecule has 0 saturated heterocycles. The summed E-state index contributed by atoms with van der Waals surface area (Å²) in [6.07, 6.45) is 0. The van der Waals surface area contributed by atoms with Crippen LogP contribution in [-0.4, -0.2) is 0 Å². The first-order valence-corrected chi connectivity index (χ1v) is 5.01. The summed E-state index contributed by atoms with van der Waals surface area (Å²) in [6, 6.07) is 20.0. The molecule has 1 radical (unpaired) electrons. The third kappa shape index (κ3) is 31.3. The zero-order chi connectivity index (χ0) is 12.5. The summed E-state index contributed by atoms with van der Waals surface area (Å²) in [4.78, 5) is 0. The van der Waals surface area contributed by atoms with Crippen LogP contribution in [0.15, 0.2) is 60.7 Å². The average Bonchev–Trinajstić information content (AvgIpc) is 3.00. The fourth-order valence-corrected chi connectivity index (χ4v) is 0.642. The molecule has 0 saturated carbocycles. The minimum absolute atomic E-state index is 0. The smallest absolute Gasteiger partial charge is 0.696 e. The van der Waals surface area contributed by atoms with Crippen molar-refractivity contribution in [1.29, 1.82) is 10.5 Å². The Morgan fingerprint density at radius 1 is 0.706 bits per heavy atom. The summed E-state index contributed by atoms with van der Waals surface area (Å²) in [5, 5.41) is 16.9. The van der Waals surface area contributed by atoms with E-state index in [9.17, 15) is 0 Å². The van der Waals surface area contributed by atoms with Crippen molar-refractivity contribution in [3.63, 3.8) is 0 Å². The first-order chi connectivity index (χ1) is 7.83. The van der Waals surface area contributed by atoms with E-state index in [0.29, 0.717) is 0 Å². The molecular formula is C12H10N2S2V. The van der Waals surface area contributed by atoms with E-state index in [-0.39, 0.29) is 18.6 Å². The molecule has 0 amide bonds. The van der Waals surface area contributed by atoms with Crippen LogP contribution < -0.4 is 0 Å². The van der Waals surface area contributed by atoms with E-state index in [1.165, 1.54) is 10.8 Å². The van der Waals surface area contributed by atoms with Gasteiger partial charge in [-0.1, -0.05) is 10.8 Å². The SMILES string of the molecule is N#C[S-].N#C[S-].[V+4].c1cc[cH-]c1.c1cc[cH-]c1. The largest absolute Gasteiger partial charge is 4.00 e. The van der Waals surface area contributed by atoms with Gasteiger partial charge in [-0.3, -0.25) is 0 Å². The average molecular weight is 297 g/mol. The molecule has 0 atom stereocenters. The molecule has 5 heteroatoms. The minimum Gasteiger partial charge on any atom is -0.696 e. The fourth-order valence-electron chi connectivity index (χ4n) is 0.642. The molecule has 0 unspecified atom stereocenters. The van der Waals surface area contributed by atoms with Gasteiger partial charge in [-0.15, -0.1) is 0 Å². The second kappa shape index (κ2) is 24.1. The molecule has 0 aromatic heterocycles. The van der Waals surface area contributed by atoms with Gasteiger partial charge in [-0.05, 0) is 0 Å². The van der Waals surface area contributed by atoms with E-state index in [4.69, 9.17) is 10.5 Å². The number of hydrogen-bond acceptors (Lipinski definition) is 4. The van der Waals surface area contributed by atoms with E-state index in [1.54, 1.807) is 0 Å². The van der Waals surface area contributed by atoms with Crippen molar-refractivity contribution < 1.29 is 18.6 Å². The van der Waals surface area contributed by atoms with Crippen molar-refractivity contribution in [2.75, 3.05) is 0 Å². The number of rotatable bonds is 0. The Hall–Kier alpha value is -1.30. The molecule has 0 spiro atoms. The normalized spacial score (nSPS) is 5.53. The Morgan fingerprint density at radius 3 is 0.941 bits per heavy atom. The summed E-state index contributed by atoms with van der Waals surface area (Å²) < 4.78 is 0. The molecule has 0 aliphatic carbocycles. The van der Waals surface area contributed by atoms with Crippen LogP contribution in [0.3, 0.4) is 0 Å². The summed E-state index contributed by atoms with van der Waals surface area (Å²) >= 11 is 7.40. The monoisotopic (exact) mass is 297 g/mol. The Bertz CT molecular complexity index is 285. The van der Waals surface area contributed by atoms with Crippen molar-refractivity contribution in [3.8, 4) is 10.8 Å². The maximum absolute atomic E-state index is 7.13. The molecule has 2 nitrogen and oxygen atoms in total. The molecule has 0 bridgehead atoms. The van der Waals surface area contributed by atoms with Crippen LogP contribution in [0.1, 0.15) is 0 Å². The summed E-state index contributed by atoms with van der Waals surface area (Å²) in [7, 11) is 0. The number of nitrogens with zero attached hydrogens (tertiary/aromatic N) is 2. The quantitative estimate of drug-likeness (QED) is 0.426. The molecule has 0 aliphatic rings. The minimum atomic E-state index is 0. The van der Waals surface area contributed by atoms with Gasteiger partial charge in [-0.25, -0.2) is 34.8 Å². The van der Waals surface area contributed by atoms with E-state index in [1.807, 2.05) is 60.7 Å². The zero-order valence-electron chi connectivity index (χ0n) is 8.93. The topological polar surface area (TPSA) is 47.6 Å². The molecular weight excluding hydrogens is 287 g/mol. The molecule has 85 valence electrons. The van der Waals surface area contributed by atoms with Crippen LogP contribution in [-0.2, 0) is 43.8 Å². The van der Waals surface area contributed by atoms with Gasteiger partial charge < -0.3 is 25.3 Å². The van der Waals surface area contributed by atoms with Crippen LogP contribution in [0.25, 0.3) is 0 Å². The molecule has 0 N–H and O–H groups in total. The zero-order valence-corrected chi connectivity index (χ0v) is 12.0. The van der Waals surface area contributed by atoms with Gasteiger partial charge in [0.15, 0.2) is 0 Å². The molecule has 0 aliphatic heterocycles. The molecule has 2 rings (SSSR count). The second-order valence-corrected chi connectivity index (χ2v) is 2.47. The number of nitriles is 2. The third-order valence-corrected chi connectivity index (χ3v) is 1.11. The maximum atomic E-state index is 7.13. The second-order valence-electron chi connectivity index (χ2n) is 2.11. The van der Waals surface area contributed by atoms with Gasteiger partial charge in [0.25, 0.3) is 0 Å². The van der Waals surface area contributed by atoms with Gasteiger partial charge in [0, 0.05) is 0 Å². The maximum Gasteiger partial charge on any atom is 4.00 e. The van der Waals surface area contributed by atoms with Crippen LogP contribution in [0.5, 0.6) is 0 Å². The number of thiocyanates is 2. The first kappa shape index (κ1) is 21.0. The van der Waals surface area contributed by atoms with Crippen molar-refractivity contribution in [2.24, 2.45) is 0 Å². The van der Waals surface area contributed by atoms with E-state index in [0.717, 1.165) is 0 Å². The Morgan fingerprint density at radius 2 is 0.882 bits per heavy atom. The van der Waals surface area contributed by atoms with Gasteiger partial charge in [0.1, 0.15) is 0 Å². The van der Waals surface area contributed by atoms with Crippen molar-refractivity contribution >= 4 is 25.3 Å². The summed E-state index contributed by atoms with van der Waals surface area (Å²) in [6.45, 7) is 0. The van der Waals surface area contributed by atoms with Crippen LogP contribution in [0.4, 0.5) is 0 Å². The summed E-state index contributed by atoms with van der Waals surface area (Å²) in [5.74, 6) is 0. The standard InChI is InChI=1S/2C5H5.2CHNS.V/c2*1-2-4-5-3-1;2*2-1-3;/h2*1-5H;2*3H;/q2*-1;;;+4/p-2. The first-order valence-electron chi connectivity index (χ1n) is 4.19. The van der Waals surface area contributed by atoms with E-state index in [2.05, 4.69) is 25.3 Å². The molecule has 2 aromatic rings. The van der Waals surface area contributed by atoms with Crippen LogP contribution in [0, 0.1) is 21.3 Å². The molecule has 0 heterocycles. The molecule has 17 heavy (non-hydrogen) atoms. The van der Waals surface area contributed by atoms with Crippen molar-refractivity contribution in [1.82, 2.24) is 0 Å². The van der Waals surface area contributed by atoms with Crippen LogP contribution >= 0.6 is 0 Å². The molecule has 0 fully saturated rings. The Balaban J connectivity index is -0.000000157. The van der Waals surface area contributed by atoms with Gasteiger partial charge >= 0.3 is 18.6 Å². The molecule has 2 aromatic carbocycles. The predicted octanol–water partition coefficient (Wildman–Crippen LogP) is 2.84. The van der Waals surface area contributed by atoms with E-state index >= 15 is 0 Å². The van der Waals surface area contributed by atoms with Crippen molar-refractivity contribution in [3.05, 3.63) is 60.7 Å². The van der Waals surface area contributed by atoms with E-state index < -0.39 is 0 Å². The predicted molar refractivity (Wildman–Crippen MR) is 70.0 cm³/mol. The Labute approximate surface area is 125 Å². The summed E-state index contributed by atoms with van der Waals surface area (Å²) in [5.41, 5.74) is 0. The van der Waals surface area contributed by atoms with Gasteiger partial charge in [-0.2, -0.15) is 36.4 Å². The third-order valence-electron chi connectivity index (χ3n) is 1.11. The number of hydrogen-bond donors (Lipinski definition) is 0. The van der Waals surface area contributed by atoms with Crippen LogP contribution in [0.2, 0.25) is 0 Å². The van der Waals surface area contributed by atoms with Gasteiger partial charge in [0.05, 0.1) is 0 Å². The van der Waals surface area contributed by atoms with Crippen molar-refractivity contribution in [2.45, 2.75) is 0 Å².